The second-order valence-corrected chi connectivity index (χ2v) is 10.1. The van der Waals surface area contributed by atoms with Crippen molar-refractivity contribution in [2.45, 2.75) is 13.2 Å². The summed E-state index contributed by atoms with van der Waals surface area (Å²) in [6.07, 6.45) is 0. The van der Waals surface area contributed by atoms with E-state index in [0.717, 1.165) is 33.9 Å². The van der Waals surface area contributed by atoms with Crippen molar-refractivity contribution in [2.24, 2.45) is 0 Å². The fourth-order valence-electron chi connectivity index (χ4n) is 5.14. The van der Waals surface area contributed by atoms with E-state index in [1.807, 2.05) is 66.7 Å². The molecule has 0 saturated heterocycles. The van der Waals surface area contributed by atoms with Crippen molar-refractivity contribution in [1.82, 2.24) is 13.3 Å². The van der Waals surface area contributed by atoms with E-state index in [2.05, 4.69) is 8.75 Å². The fourth-order valence-corrected chi connectivity index (χ4v) is 5.65. The number of carbonyl (C=O) groups is 1. The van der Waals surface area contributed by atoms with Crippen LogP contribution in [0, 0.1) is 0 Å². The number of methoxy groups -OCH3 is 3. The van der Waals surface area contributed by atoms with Gasteiger partial charge in [-0.15, -0.1) is 0 Å². The Hall–Kier alpha value is -5.09. The number of aromatic carboxylic acids is 1. The summed E-state index contributed by atoms with van der Waals surface area (Å²) in [5.41, 5.74) is 5.31. The highest BCUT2D eigenvalue weighted by Gasteiger charge is 2.28. The number of aromatic nitrogens is 3. The molecule has 2 heterocycles. The van der Waals surface area contributed by atoms with E-state index >= 15 is 0 Å². The Morgan fingerprint density at radius 3 is 2.33 bits per heavy atom. The minimum Gasteiger partial charge on any atom is -0.497 e. The lowest BCUT2D eigenvalue weighted by Crippen LogP contribution is -2.11. The van der Waals surface area contributed by atoms with Gasteiger partial charge in [0.25, 0.3) is 0 Å². The molecular formula is C32H27N3O6S. The molecule has 1 N–H and O–H groups in total. The van der Waals surface area contributed by atoms with E-state index in [4.69, 9.17) is 18.9 Å². The number of benzene rings is 4. The molecule has 0 saturated carbocycles. The molecule has 0 unspecified atom stereocenters. The summed E-state index contributed by atoms with van der Waals surface area (Å²) in [4.78, 5) is 13.1. The highest BCUT2D eigenvalue weighted by Crippen LogP contribution is 2.45. The zero-order valence-electron chi connectivity index (χ0n) is 23.2. The first-order valence-electron chi connectivity index (χ1n) is 13.1. The molecule has 0 aliphatic heterocycles. The number of fused-ring (bicyclic) bond motifs is 2. The van der Waals surface area contributed by atoms with Crippen molar-refractivity contribution in [2.75, 3.05) is 21.3 Å². The summed E-state index contributed by atoms with van der Waals surface area (Å²) in [5.74, 6) is 0.971. The molecule has 0 aliphatic rings. The molecule has 9 nitrogen and oxygen atoms in total. The second kappa shape index (κ2) is 11.4. The Bertz CT molecular complexity index is 1910. The Labute approximate surface area is 245 Å². The van der Waals surface area contributed by atoms with E-state index in [-0.39, 0.29) is 12.2 Å². The van der Waals surface area contributed by atoms with Crippen LogP contribution < -0.4 is 18.9 Å². The first kappa shape index (κ1) is 27.1. The third-order valence-corrected chi connectivity index (χ3v) is 7.68. The van der Waals surface area contributed by atoms with E-state index in [9.17, 15) is 9.90 Å². The maximum absolute atomic E-state index is 13.1. The number of carboxylic acid groups (broad SMARTS) is 1. The molecule has 0 spiro atoms. The Kier molecular flexibility index (Phi) is 7.37. The SMILES string of the molecule is COc1ccc(-c2c(C(=O)O)n(Cc3ccc4nsnc4c3)c3cc(OCc4ccccc4)c(OC)cc23)c(OC)c1. The van der Waals surface area contributed by atoms with Crippen LogP contribution in [0.4, 0.5) is 0 Å². The fraction of sp³-hybridized carbons (Fsp3) is 0.156. The van der Waals surface area contributed by atoms with Crippen LogP contribution in [0.5, 0.6) is 23.0 Å². The standard InChI is InChI=1S/C32H27N3O6S/c1-38-21-10-11-22(27(14-21)39-2)30-23-15-28(40-3)29(41-18-19-7-5-4-6-8-19)16-26(23)35(31(30)32(36)37)17-20-9-12-24-25(13-20)34-42-33-24/h4-16H,17-18H2,1-3H3,(H,36,37). The first-order valence-corrected chi connectivity index (χ1v) is 13.8. The second-order valence-electron chi connectivity index (χ2n) is 9.56. The van der Waals surface area contributed by atoms with Gasteiger partial charge in [-0.1, -0.05) is 36.4 Å². The van der Waals surface area contributed by atoms with Gasteiger partial charge in [0.15, 0.2) is 11.5 Å². The summed E-state index contributed by atoms with van der Waals surface area (Å²) >= 11 is 1.14. The van der Waals surface area contributed by atoms with Crippen LogP contribution in [0.1, 0.15) is 21.6 Å². The molecular weight excluding hydrogens is 554 g/mol. The van der Waals surface area contributed by atoms with E-state index in [0.29, 0.717) is 51.6 Å². The van der Waals surface area contributed by atoms with E-state index in [1.54, 1.807) is 38.0 Å². The molecule has 2 aromatic heterocycles. The Balaban J connectivity index is 1.59. The molecule has 212 valence electrons. The smallest absolute Gasteiger partial charge is 0.353 e. The highest BCUT2D eigenvalue weighted by atomic mass is 32.1. The number of rotatable bonds is 10. The molecule has 0 fully saturated rings. The van der Waals surface area contributed by atoms with Crippen LogP contribution in [-0.4, -0.2) is 45.7 Å². The molecule has 10 heteroatoms. The maximum atomic E-state index is 13.1. The highest BCUT2D eigenvalue weighted by molar-refractivity contribution is 7.00. The van der Waals surface area contributed by atoms with Crippen molar-refractivity contribution in [3.05, 3.63) is 95.7 Å². The van der Waals surface area contributed by atoms with Gasteiger partial charge in [0, 0.05) is 35.2 Å². The summed E-state index contributed by atoms with van der Waals surface area (Å²) in [7, 11) is 4.68. The average Bonchev–Trinajstić information content (AvgIpc) is 3.61. The van der Waals surface area contributed by atoms with Gasteiger partial charge in [0.1, 0.15) is 34.8 Å². The van der Waals surface area contributed by atoms with Crippen LogP contribution >= 0.6 is 11.7 Å². The van der Waals surface area contributed by atoms with Crippen molar-refractivity contribution in [1.29, 1.82) is 0 Å². The molecule has 6 aromatic rings. The van der Waals surface area contributed by atoms with Gasteiger partial charge in [-0.05, 0) is 41.5 Å². The third kappa shape index (κ3) is 4.97. The van der Waals surface area contributed by atoms with Crippen molar-refractivity contribution in [3.63, 3.8) is 0 Å². The lowest BCUT2D eigenvalue weighted by atomic mass is 10.00. The third-order valence-electron chi connectivity index (χ3n) is 7.13. The van der Waals surface area contributed by atoms with Gasteiger partial charge in [-0.2, -0.15) is 8.75 Å². The molecule has 42 heavy (non-hydrogen) atoms. The normalized spacial score (nSPS) is 11.1. The van der Waals surface area contributed by atoms with Gasteiger partial charge >= 0.3 is 5.97 Å². The number of nitrogens with zero attached hydrogens (tertiary/aromatic N) is 3. The monoisotopic (exact) mass is 581 g/mol. The zero-order valence-corrected chi connectivity index (χ0v) is 24.0. The Morgan fingerprint density at radius 1 is 0.810 bits per heavy atom. The molecule has 6 rings (SSSR count). The topological polar surface area (TPSA) is 105 Å². The minimum absolute atomic E-state index is 0.104. The summed E-state index contributed by atoms with van der Waals surface area (Å²) in [6.45, 7) is 0.594. The number of ether oxygens (including phenoxy) is 4. The summed E-state index contributed by atoms with van der Waals surface area (Å²) in [6, 6.07) is 24.6. The van der Waals surface area contributed by atoms with Gasteiger partial charge < -0.3 is 28.6 Å². The minimum atomic E-state index is -1.08. The summed E-state index contributed by atoms with van der Waals surface area (Å²) < 4.78 is 33.5. The molecule has 0 radical (unpaired) electrons. The Morgan fingerprint density at radius 2 is 1.60 bits per heavy atom. The van der Waals surface area contributed by atoms with Crippen LogP contribution in [0.15, 0.2) is 78.9 Å². The lowest BCUT2D eigenvalue weighted by molar-refractivity contribution is 0.0687. The number of hydrogen-bond donors (Lipinski definition) is 1. The molecule has 0 amide bonds. The quantitative estimate of drug-likeness (QED) is 0.191. The van der Waals surface area contributed by atoms with E-state index < -0.39 is 5.97 Å². The van der Waals surface area contributed by atoms with E-state index in [1.165, 1.54) is 0 Å². The van der Waals surface area contributed by atoms with Gasteiger partial charge in [0.2, 0.25) is 0 Å². The predicted molar refractivity (Wildman–Crippen MR) is 161 cm³/mol. The lowest BCUT2D eigenvalue weighted by Gasteiger charge is -2.13. The first-order chi connectivity index (χ1) is 20.5. The average molecular weight is 582 g/mol. The van der Waals surface area contributed by atoms with Crippen LogP contribution in [-0.2, 0) is 13.2 Å². The van der Waals surface area contributed by atoms with Crippen LogP contribution in [0.25, 0.3) is 33.1 Å². The number of carboxylic acids is 1. The predicted octanol–water partition coefficient (Wildman–Crippen LogP) is 6.66. The van der Waals surface area contributed by atoms with Gasteiger partial charge in [0.05, 0.1) is 38.6 Å². The van der Waals surface area contributed by atoms with Crippen LogP contribution in [0.2, 0.25) is 0 Å². The maximum Gasteiger partial charge on any atom is 0.353 e. The van der Waals surface area contributed by atoms with Gasteiger partial charge in [-0.3, -0.25) is 0 Å². The van der Waals surface area contributed by atoms with Gasteiger partial charge in [-0.25, -0.2) is 4.79 Å². The molecule has 4 aromatic carbocycles. The number of hydrogen-bond acceptors (Lipinski definition) is 8. The van der Waals surface area contributed by atoms with Crippen molar-refractivity contribution >= 4 is 39.6 Å². The van der Waals surface area contributed by atoms with Crippen LogP contribution in [0.3, 0.4) is 0 Å². The summed E-state index contributed by atoms with van der Waals surface area (Å²) in [5, 5.41) is 11.3. The van der Waals surface area contributed by atoms with Crippen molar-refractivity contribution in [3.8, 4) is 34.1 Å². The van der Waals surface area contributed by atoms with Crippen molar-refractivity contribution < 1.29 is 28.8 Å². The molecule has 0 aliphatic carbocycles. The zero-order chi connectivity index (χ0) is 29.2. The molecule has 0 atom stereocenters. The largest absolute Gasteiger partial charge is 0.497 e. The molecule has 0 bridgehead atoms.